The number of hydrogen-bond donors (Lipinski definition) is 1. The van der Waals surface area contributed by atoms with Gasteiger partial charge in [0.2, 0.25) is 0 Å². The van der Waals surface area contributed by atoms with Crippen molar-refractivity contribution in [1.82, 2.24) is 10.2 Å². The zero-order valence-corrected chi connectivity index (χ0v) is 14.0. The Kier molecular flexibility index (Phi) is 4.39. The lowest BCUT2D eigenvalue weighted by Gasteiger charge is -2.15. The van der Waals surface area contributed by atoms with Gasteiger partial charge in [-0.05, 0) is 36.8 Å². The van der Waals surface area contributed by atoms with Crippen LogP contribution in [0.15, 0.2) is 36.4 Å². The topological polar surface area (TPSA) is 51.8 Å². The highest BCUT2D eigenvalue weighted by Gasteiger charge is 2.23. The van der Waals surface area contributed by atoms with Crippen LogP contribution in [0.2, 0.25) is 10.2 Å². The van der Waals surface area contributed by atoms with E-state index in [0.29, 0.717) is 21.8 Å². The predicted octanol–water partition coefficient (Wildman–Crippen LogP) is 5.29. The van der Waals surface area contributed by atoms with Crippen molar-refractivity contribution in [1.29, 1.82) is 0 Å². The van der Waals surface area contributed by atoms with Crippen LogP contribution in [0.4, 0.5) is 14.5 Å². The Bertz CT molecular complexity index is 905. The van der Waals surface area contributed by atoms with Crippen LogP contribution < -0.4 is 5.73 Å². The van der Waals surface area contributed by atoms with Crippen LogP contribution in [0.25, 0.3) is 22.3 Å². The molecule has 2 aromatic carbocycles. The highest BCUT2D eigenvalue weighted by atomic mass is 35.5. The first-order valence-electron chi connectivity index (χ1n) is 6.92. The molecule has 0 radical (unpaired) electrons. The van der Waals surface area contributed by atoms with Crippen molar-refractivity contribution in [2.24, 2.45) is 0 Å². The normalized spacial score (nSPS) is 10.9. The van der Waals surface area contributed by atoms with Gasteiger partial charge in [-0.2, -0.15) is 5.10 Å². The minimum Gasteiger partial charge on any atom is -0.399 e. The predicted molar refractivity (Wildman–Crippen MR) is 92.0 cm³/mol. The van der Waals surface area contributed by atoms with Crippen molar-refractivity contribution in [3.05, 3.63) is 63.9 Å². The molecule has 0 saturated carbocycles. The summed E-state index contributed by atoms with van der Waals surface area (Å²) in [6.45, 7) is 1.68. The molecule has 0 atom stereocenters. The third-order valence-corrected chi connectivity index (χ3v) is 4.07. The monoisotopic (exact) mass is 365 g/mol. The van der Waals surface area contributed by atoms with E-state index < -0.39 is 11.6 Å². The average molecular weight is 366 g/mol. The molecule has 0 bridgehead atoms. The van der Waals surface area contributed by atoms with Gasteiger partial charge in [0.05, 0.1) is 11.3 Å². The van der Waals surface area contributed by atoms with E-state index in [1.807, 2.05) is 0 Å². The van der Waals surface area contributed by atoms with Crippen molar-refractivity contribution in [3.63, 3.8) is 0 Å². The first-order chi connectivity index (χ1) is 11.4. The summed E-state index contributed by atoms with van der Waals surface area (Å²) in [4.78, 5) is 0. The van der Waals surface area contributed by atoms with E-state index in [2.05, 4.69) is 10.2 Å². The zero-order chi connectivity index (χ0) is 17.4. The van der Waals surface area contributed by atoms with E-state index in [9.17, 15) is 8.78 Å². The Labute approximate surface area is 147 Å². The van der Waals surface area contributed by atoms with Gasteiger partial charge < -0.3 is 5.73 Å². The molecule has 1 heterocycles. The molecule has 0 spiro atoms. The molecule has 24 heavy (non-hydrogen) atoms. The molecule has 3 aromatic rings. The number of anilines is 1. The fourth-order valence-corrected chi connectivity index (χ4v) is 2.89. The third kappa shape index (κ3) is 2.92. The van der Waals surface area contributed by atoms with Gasteiger partial charge in [-0.1, -0.05) is 35.3 Å². The van der Waals surface area contributed by atoms with E-state index in [-0.39, 0.29) is 22.0 Å². The maximum Gasteiger partial charge on any atom is 0.160 e. The van der Waals surface area contributed by atoms with Crippen LogP contribution in [0.3, 0.4) is 0 Å². The van der Waals surface area contributed by atoms with Gasteiger partial charge in [-0.3, -0.25) is 0 Å². The number of nitrogen functional groups attached to an aromatic ring is 1. The fourth-order valence-electron chi connectivity index (χ4n) is 2.53. The Balaban J connectivity index is 2.37. The van der Waals surface area contributed by atoms with Crippen molar-refractivity contribution < 1.29 is 8.78 Å². The first kappa shape index (κ1) is 16.6. The molecule has 3 rings (SSSR count). The molecule has 0 amide bonds. The molecule has 7 heteroatoms. The number of benzene rings is 2. The maximum atomic E-state index is 14.4. The summed E-state index contributed by atoms with van der Waals surface area (Å²) in [6.07, 6.45) is 0. The number of nitrogens with zero attached hydrogens (tertiary/aromatic N) is 2. The van der Waals surface area contributed by atoms with Gasteiger partial charge in [0, 0.05) is 21.8 Å². The second-order valence-corrected chi connectivity index (χ2v) is 5.99. The molecule has 2 N–H and O–H groups in total. The van der Waals surface area contributed by atoms with Gasteiger partial charge >= 0.3 is 0 Å². The largest absolute Gasteiger partial charge is 0.399 e. The second kappa shape index (κ2) is 6.34. The van der Waals surface area contributed by atoms with Crippen LogP contribution in [-0.2, 0) is 0 Å². The van der Waals surface area contributed by atoms with E-state index in [4.69, 9.17) is 28.9 Å². The number of aryl methyl sites for hydroxylation is 1. The van der Waals surface area contributed by atoms with Gasteiger partial charge in [0.15, 0.2) is 5.15 Å². The lowest BCUT2D eigenvalue weighted by molar-refractivity contribution is 0.590. The summed E-state index contributed by atoms with van der Waals surface area (Å²) in [5.74, 6) is -1.64. The second-order valence-electron chi connectivity index (χ2n) is 5.19. The molecule has 0 fully saturated rings. The number of aromatic nitrogens is 2. The molecule has 0 saturated heterocycles. The van der Waals surface area contributed by atoms with E-state index in [1.165, 1.54) is 0 Å². The fraction of sp³-hybridized carbons (Fsp3) is 0.0588. The quantitative estimate of drug-likeness (QED) is 0.628. The van der Waals surface area contributed by atoms with Crippen molar-refractivity contribution in [3.8, 4) is 22.3 Å². The molecular formula is C17H11Cl2F2N3. The molecule has 0 aliphatic heterocycles. The summed E-state index contributed by atoms with van der Waals surface area (Å²) >= 11 is 12.0. The van der Waals surface area contributed by atoms with Crippen molar-refractivity contribution in [2.75, 3.05) is 5.73 Å². The van der Waals surface area contributed by atoms with Crippen molar-refractivity contribution in [2.45, 2.75) is 6.92 Å². The number of hydrogen-bond acceptors (Lipinski definition) is 3. The van der Waals surface area contributed by atoms with Gasteiger partial charge in [-0.15, -0.1) is 5.10 Å². The highest BCUT2D eigenvalue weighted by Crippen LogP contribution is 2.40. The molecule has 122 valence electrons. The van der Waals surface area contributed by atoms with Crippen LogP contribution in [0.1, 0.15) is 5.69 Å². The lowest BCUT2D eigenvalue weighted by atomic mass is 9.94. The minimum atomic E-state index is -0.822. The smallest absolute Gasteiger partial charge is 0.160 e. The van der Waals surface area contributed by atoms with E-state index in [0.717, 1.165) is 12.1 Å². The van der Waals surface area contributed by atoms with Crippen LogP contribution in [0.5, 0.6) is 0 Å². The van der Waals surface area contributed by atoms with Gasteiger partial charge in [0.1, 0.15) is 11.6 Å². The van der Waals surface area contributed by atoms with Gasteiger partial charge in [0.25, 0.3) is 0 Å². The molecular weight excluding hydrogens is 355 g/mol. The minimum absolute atomic E-state index is 0.0170. The number of rotatable bonds is 2. The van der Waals surface area contributed by atoms with Crippen LogP contribution >= 0.6 is 23.2 Å². The molecule has 0 aliphatic carbocycles. The molecule has 0 aliphatic rings. The summed E-state index contributed by atoms with van der Waals surface area (Å²) in [6, 6.07) is 8.86. The maximum absolute atomic E-state index is 14.4. The Morgan fingerprint density at radius 1 is 0.875 bits per heavy atom. The first-order valence-corrected chi connectivity index (χ1v) is 7.67. The van der Waals surface area contributed by atoms with E-state index in [1.54, 1.807) is 31.2 Å². The van der Waals surface area contributed by atoms with E-state index >= 15 is 0 Å². The van der Waals surface area contributed by atoms with Gasteiger partial charge in [-0.25, -0.2) is 8.78 Å². The number of nitrogens with two attached hydrogens (primary N) is 1. The Morgan fingerprint density at radius 2 is 1.46 bits per heavy atom. The molecule has 3 nitrogen and oxygen atoms in total. The standard InChI is InChI=1S/C17H11Cl2F2N3/c1-8-14(9-2-4-10(18)5-3-9)16(17(19)24-23-8)15-12(20)6-11(22)7-13(15)21/h2-7H,22H2,1H3. The highest BCUT2D eigenvalue weighted by molar-refractivity contribution is 6.33. The summed E-state index contributed by atoms with van der Waals surface area (Å²) in [7, 11) is 0. The molecule has 0 unspecified atom stereocenters. The third-order valence-electron chi connectivity index (χ3n) is 3.55. The zero-order valence-electron chi connectivity index (χ0n) is 12.4. The lowest BCUT2D eigenvalue weighted by Crippen LogP contribution is -2.01. The SMILES string of the molecule is Cc1nnc(Cl)c(-c2c(F)cc(N)cc2F)c1-c1ccc(Cl)cc1. The van der Waals surface area contributed by atoms with Crippen molar-refractivity contribution >= 4 is 28.9 Å². The summed E-state index contributed by atoms with van der Waals surface area (Å²) < 4.78 is 28.8. The van der Waals surface area contributed by atoms with Crippen LogP contribution in [-0.4, -0.2) is 10.2 Å². The molecule has 1 aromatic heterocycles. The van der Waals surface area contributed by atoms with Crippen LogP contribution in [0, 0.1) is 18.6 Å². The summed E-state index contributed by atoms with van der Waals surface area (Å²) in [5.41, 5.74) is 6.93. The average Bonchev–Trinajstić information content (AvgIpc) is 2.51. The Hall–Kier alpha value is -2.24. The summed E-state index contributed by atoms with van der Waals surface area (Å²) in [5, 5.41) is 8.18. The number of halogens is 4. The Morgan fingerprint density at radius 3 is 2.04 bits per heavy atom.